The average molecular weight is 278 g/mol. The van der Waals surface area contributed by atoms with Crippen molar-refractivity contribution in [3.63, 3.8) is 0 Å². The van der Waals surface area contributed by atoms with Crippen LogP contribution in [0.4, 0.5) is 5.69 Å². The lowest BCUT2D eigenvalue weighted by Crippen LogP contribution is -2.44. The Balaban J connectivity index is 2.19. The third-order valence-corrected chi connectivity index (χ3v) is 3.48. The zero-order valence-electron chi connectivity index (χ0n) is 11.9. The summed E-state index contributed by atoms with van der Waals surface area (Å²) in [5, 5.41) is 0. The van der Waals surface area contributed by atoms with Crippen LogP contribution >= 0.6 is 0 Å². The zero-order chi connectivity index (χ0) is 14.7. The average Bonchev–Trinajstić information content (AvgIpc) is 2.47. The fourth-order valence-electron chi connectivity index (χ4n) is 2.35. The van der Waals surface area contributed by atoms with E-state index < -0.39 is 11.9 Å². The van der Waals surface area contributed by atoms with E-state index in [1.807, 2.05) is 17.9 Å². The molecule has 0 bridgehead atoms. The van der Waals surface area contributed by atoms with Crippen LogP contribution in [0, 0.1) is 12.8 Å². The minimum Gasteiger partial charge on any atom is -0.481 e. The van der Waals surface area contributed by atoms with E-state index in [4.69, 9.17) is 4.74 Å². The first-order valence-corrected chi connectivity index (χ1v) is 6.43. The van der Waals surface area contributed by atoms with Gasteiger partial charge in [0.25, 0.3) is 0 Å². The minimum absolute atomic E-state index is 0.0636. The van der Waals surface area contributed by atoms with E-state index in [1.54, 1.807) is 13.3 Å². The van der Waals surface area contributed by atoms with Crippen molar-refractivity contribution >= 4 is 17.4 Å². The summed E-state index contributed by atoms with van der Waals surface area (Å²) in [5.74, 6) is -0.674. The molecule has 2 heterocycles. The molecule has 0 amide bonds. The van der Waals surface area contributed by atoms with Crippen molar-refractivity contribution in [2.24, 2.45) is 5.92 Å². The number of nitrogens with zero attached hydrogens (tertiary/aromatic N) is 2. The Hall–Kier alpha value is -2.11. The smallest absolute Gasteiger partial charge is 0.318 e. The van der Waals surface area contributed by atoms with Crippen molar-refractivity contribution in [3.05, 3.63) is 17.8 Å². The van der Waals surface area contributed by atoms with Crippen LogP contribution in [0.25, 0.3) is 0 Å². The van der Waals surface area contributed by atoms with Crippen LogP contribution in [0.1, 0.15) is 12.0 Å². The number of carbonyl (C=O) groups is 2. The lowest BCUT2D eigenvalue weighted by Gasteiger charge is -2.32. The van der Waals surface area contributed by atoms with Crippen LogP contribution in [0.15, 0.2) is 12.3 Å². The highest BCUT2D eigenvalue weighted by Crippen LogP contribution is 2.25. The van der Waals surface area contributed by atoms with Crippen molar-refractivity contribution in [2.75, 3.05) is 32.2 Å². The summed E-state index contributed by atoms with van der Waals surface area (Å²) in [5.41, 5.74) is 1.79. The molecule has 1 aromatic rings. The first kappa shape index (κ1) is 14.3. The molecule has 0 saturated carbocycles. The number of piperidine rings is 1. The van der Waals surface area contributed by atoms with Gasteiger partial charge in [0.15, 0.2) is 5.78 Å². The number of ketones is 1. The molecule has 0 spiro atoms. The Morgan fingerprint density at radius 1 is 1.45 bits per heavy atom. The van der Waals surface area contributed by atoms with Gasteiger partial charge < -0.3 is 14.4 Å². The van der Waals surface area contributed by atoms with Crippen molar-refractivity contribution in [1.29, 1.82) is 0 Å². The van der Waals surface area contributed by atoms with E-state index in [2.05, 4.69) is 9.72 Å². The Kier molecular flexibility index (Phi) is 4.22. The lowest BCUT2D eigenvalue weighted by molar-refractivity contribution is -0.149. The number of esters is 1. The first-order chi connectivity index (χ1) is 9.56. The molecule has 1 fully saturated rings. The fourth-order valence-corrected chi connectivity index (χ4v) is 2.35. The molecule has 20 heavy (non-hydrogen) atoms. The molecule has 0 N–H and O–H groups in total. The molecule has 1 atom stereocenters. The van der Waals surface area contributed by atoms with E-state index in [0.29, 0.717) is 25.4 Å². The molecule has 108 valence electrons. The van der Waals surface area contributed by atoms with Crippen LogP contribution in [-0.4, -0.2) is 44.0 Å². The van der Waals surface area contributed by atoms with Gasteiger partial charge >= 0.3 is 5.97 Å². The third-order valence-electron chi connectivity index (χ3n) is 3.48. The number of aryl methyl sites for hydroxylation is 1. The van der Waals surface area contributed by atoms with Crippen molar-refractivity contribution in [3.8, 4) is 5.88 Å². The SMILES string of the molecule is COC(=O)C1CN(c2cnc(OC)c(C)c2)CCC1=O. The monoisotopic (exact) mass is 278 g/mol. The van der Waals surface area contributed by atoms with Crippen molar-refractivity contribution < 1.29 is 19.1 Å². The van der Waals surface area contributed by atoms with Crippen LogP contribution in [0.2, 0.25) is 0 Å². The number of aromatic nitrogens is 1. The number of pyridine rings is 1. The van der Waals surface area contributed by atoms with Gasteiger partial charge in [0.05, 0.1) is 26.1 Å². The number of carbonyl (C=O) groups excluding carboxylic acids is 2. The molecule has 1 aromatic heterocycles. The van der Waals surface area contributed by atoms with Crippen LogP contribution in [0.3, 0.4) is 0 Å². The Labute approximate surface area is 117 Å². The number of methoxy groups -OCH3 is 2. The van der Waals surface area contributed by atoms with Gasteiger partial charge in [-0.2, -0.15) is 0 Å². The number of rotatable bonds is 3. The maximum absolute atomic E-state index is 11.8. The standard InChI is InChI=1S/C14H18N2O4/c1-9-6-10(7-15-13(9)19-2)16-5-4-12(17)11(8-16)14(18)20-3/h6-7,11H,4-5,8H2,1-3H3. The molecule has 2 rings (SSSR count). The molecular formula is C14H18N2O4. The quantitative estimate of drug-likeness (QED) is 0.606. The number of ether oxygens (including phenoxy) is 2. The lowest BCUT2D eigenvalue weighted by atomic mass is 9.96. The maximum atomic E-state index is 11.8. The maximum Gasteiger partial charge on any atom is 0.318 e. The summed E-state index contributed by atoms with van der Waals surface area (Å²) in [7, 11) is 2.87. The van der Waals surface area contributed by atoms with Gasteiger partial charge in [-0.05, 0) is 13.0 Å². The van der Waals surface area contributed by atoms with Gasteiger partial charge in [-0.1, -0.05) is 0 Å². The number of hydrogen-bond donors (Lipinski definition) is 0. The summed E-state index contributed by atoms with van der Waals surface area (Å²) in [4.78, 5) is 29.6. The van der Waals surface area contributed by atoms with Gasteiger partial charge in [0.1, 0.15) is 5.92 Å². The van der Waals surface area contributed by atoms with E-state index in [0.717, 1.165) is 11.3 Å². The summed E-state index contributed by atoms with van der Waals surface area (Å²) in [6.07, 6.45) is 2.03. The first-order valence-electron chi connectivity index (χ1n) is 6.43. The topological polar surface area (TPSA) is 68.7 Å². The summed E-state index contributed by atoms with van der Waals surface area (Å²) in [6.45, 7) is 2.82. The molecule has 0 aromatic carbocycles. The fraction of sp³-hybridized carbons (Fsp3) is 0.500. The molecule has 0 radical (unpaired) electrons. The molecule has 6 nitrogen and oxygen atoms in total. The molecular weight excluding hydrogens is 260 g/mol. The number of Topliss-reactive ketones (excluding diaryl/α,β-unsaturated/α-hetero) is 1. The van der Waals surface area contributed by atoms with E-state index >= 15 is 0 Å². The van der Waals surface area contributed by atoms with Crippen molar-refractivity contribution in [1.82, 2.24) is 4.98 Å². The predicted molar refractivity (Wildman–Crippen MR) is 72.9 cm³/mol. The summed E-state index contributed by atoms with van der Waals surface area (Å²) < 4.78 is 9.81. The summed E-state index contributed by atoms with van der Waals surface area (Å²) >= 11 is 0. The predicted octanol–water partition coefficient (Wildman–Crippen LogP) is 0.967. The van der Waals surface area contributed by atoms with Crippen LogP contribution < -0.4 is 9.64 Å². The molecule has 1 unspecified atom stereocenters. The van der Waals surface area contributed by atoms with Gasteiger partial charge in [-0.3, -0.25) is 9.59 Å². The molecule has 0 aliphatic carbocycles. The zero-order valence-corrected chi connectivity index (χ0v) is 11.9. The van der Waals surface area contributed by atoms with Crippen LogP contribution in [-0.2, 0) is 14.3 Å². The van der Waals surface area contributed by atoms with E-state index in [1.165, 1.54) is 7.11 Å². The van der Waals surface area contributed by atoms with Gasteiger partial charge in [-0.15, -0.1) is 0 Å². The Morgan fingerprint density at radius 2 is 2.20 bits per heavy atom. The van der Waals surface area contributed by atoms with Gasteiger partial charge in [-0.25, -0.2) is 4.98 Å². The molecule has 1 aliphatic rings. The Morgan fingerprint density at radius 3 is 2.80 bits per heavy atom. The molecule has 1 aliphatic heterocycles. The van der Waals surface area contributed by atoms with Crippen molar-refractivity contribution in [2.45, 2.75) is 13.3 Å². The number of anilines is 1. The van der Waals surface area contributed by atoms with Gasteiger partial charge in [0.2, 0.25) is 5.88 Å². The van der Waals surface area contributed by atoms with E-state index in [9.17, 15) is 9.59 Å². The molecule has 1 saturated heterocycles. The second-order valence-corrected chi connectivity index (χ2v) is 4.76. The van der Waals surface area contributed by atoms with Gasteiger partial charge in [0, 0.05) is 25.1 Å². The minimum atomic E-state index is -0.712. The second-order valence-electron chi connectivity index (χ2n) is 4.76. The second kappa shape index (κ2) is 5.90. The highest BCUT2D eigenvalue weighted by molar-refractivity contribution is 6.00. The third kappa shape index (κ3) is 2.74. The Bertz CT molecular complexity index is 522. The largest absolute Gasteiger partial charge is 0.481 e. The van der Waals surface area contributed by atoms with E-state index in [-0.39, 0.29) is 5.78 Å². The highest BCUT2D eigenvalue weighted by atomic mass is 16.5. The normalized spacial score (nSPS) is 18.9. The molecule has 6 heteroatoms. The number of hydrogen-bond acceptors (Lipinski definition) is 6. The summed E-state index contributed by atoms with van der Waals surface area (Å²) in [6, 6.07) is 1.94. The highest BCUT2D eigenvalue weighted by Gasteiger charge is 2.33. The van der Waals surface area contributed by atoms with Crippen LogP contribution in [0.5, 0.6) is 5.88 Å².